The number of esters is 2. The lowest BCUT2D eigenvalue weighted by atomic mass is 9.65. The van der Waals surface area contributed by atoms with Crippen molar-refractivity contribution >= 4 is 42.0 Å². The average molecular weight is 623 g/mol. The van der Waals surface area contributed by atoms with Gasteiger partial charge in [0.25, 0.3) is 15.8 Å². The molecule has 4 atom stereocenters. The number of rotatable bonds is 13. The first-order valence-corrected chi connectivity index (χ1v) is 18.2. The fourth-order valence-corrected chi connectivity index (χ4v) is 9.15. The molecule has 230 valence electrons. The number of ether oxygens (including phenoxy) is 1. The average Bonchev–Trinajstić information content (AvgIpc) is 3.22. The molecule has 12 nitrogen and oxygen atoms in total. The second-order valence-corrected chi connectivity index (χ2v) is 17.2. The molecule has 42 heavy (non-hydrogen) atoms. The molecule has 0 aliphatic carbocycles. The third kappa shape index (κ3) is 6.26. The van der Waals surface area contributed by atoms with Gasteiger partial charge in [-0.05, 0) is 49.7 Å². The number of benzene rings is 1. The SMILES string of the molecule is CC[Si](CC)(CC)O[C@H](C)[C@@]1(C)C(=O)N2C(C(=O)OC(=O)c3ccc([N+](=O)[O-])cc3)=C(/C=C/COS(C)(=O)=O)[C@H](C)[C@@H]21. The largest absolute Gasteiger partial charge is 0.413 e. The van der Waals surface area contributed by atoms with Gasteiger partial charge in [0.05, 0.1) is 40.9 Å². The van der Waals surface area contributed by atoms with E-state index in [2.05, 4.69) is 20.8 Å². The van der Waals surface area contributed by atoms with Gasteiger partial charge in [-0.15, -0.1) is 0 Å². The summed E-state index contributed by atoms with van der Waals surface area (Å²) in [7, 11) is -5.80. The maximum Gasteiger partial charge on any atom is 0.363 e. The Morgan fingerprint density at radius 2 is 1.71 bits per heavy atom. The van der Waals surface area contributed by atoms with Gasteiger partial charge in [-0.25, -0.2) is 9.59 Å². The van der Waals surface area contributed by atoms with Crippen molar-refractivity contribution < 1.29 is 41.1 Å². The number of nitro groups is 1. The molecule has 1 amide bonds. The van der Waals surface area contributed by atoms with E-state index in [0.717, 1.165) is 36.5 Å². The van der Waals surface area contributed by atoms with Crippen LogP contribution < -0.4 is 0 Å². The Balaban J connectivity index is 1.95. The zero-order valence-electron chi connectivity index (χ0n) is 24.9. The maximum absolute atomic E-state index is 13.8. The van der Waals surface area contributed by atoms with Crippen LogP contribution in [-0.4, -0.2) is 69.4 Å². The van der Waals surface area contributed by atoms with Crippen molar-refractivity contribution in [3.05, 3.63) is 63.4 Å². The van der Waals surface area contributed by atoms with Crippen LogP contribution in [0.5, 0.6) is 0 Å². The second kappa shape index (κ2) is 12.6. The van der Waals surface area contributed by atoms with Crippen LogP contribution in [0.25, 0.3) is 0 Å². The fourth-order valence-electron chi connectivity index (χ4n) is 5.83. The van der Waals surface area contributed by atoms with Gasteiger partial charge >= 0.3 is 11.9 Å². The molecule has 2 heterocycles. The Morgan fingerprint density at radius 1 is 1.14 bits per heavy atom. The van der Waals surface area contributed by atoms with Crippen LogP contribution in [0, 0.1) is 21.4 Å². The molecule has 0 spiro atoms. The Kier molecular flexibility index (Phi) is 9.97. The van der Waals surface area contributed by atoms with Crippen LogP contribution in [0.15, 0.2) is 47.7 Å². The predicted molar refractivity (Wildman–Crippen MR) is 156 cm³/mol. The molecule has 1 aromatic carbocycles. The Morgan fingerprint density at radius 3 is 2.21 bits per heavy atom. The molecule has 1 aromatic rings. The number of allylic oxidation sites excluding steroid dienone is 1. The van der Waals surface area contributed by atoms with Crippen LogP contribution in [0.2, 0.25) is 18.1 Å². The lowest BCUT2D eigenvalue weighted by Crippen LogP contribution is -2.72. The number of hydrogen-bond acceptors (Lipinski definition) is 10. The standard InChI is InChI=1S/C28H38N2O10SSi/c1-8-42(9-2,10-3)40-19(5)28(6)24-18(4)22(12-11-17-38-41(7,36)37)23(29(24)27(28)33)26(32)39-25(31)20-13-15-21(16-14-20)30(34)35/h11-16,18-19,24H,8-10,17H2,1-7H3/b12-11+/t18-,19+,24+,28+/m0/s1. The summed E-state index contributed by atoms with van der Waals surface area (Å²) in [5.41, 5.74) is -1.03. The number of nitrogens with zero attached hydrogens (tertiary/aromatic N) is 2. The van der Waals surface area contributed by atoms with Gasteiger partial charge in [-0.1, -0.05) is 39.8 Å². The normalized spacial score (nSPS) is 23.1. The van der Waals surface area contributed by atoms with Crippen LogP contribution in [-0.2, 0) is 33.1 Å². The second-order valence-electron chi connectivity index (χ2n) is 10.9. The predicted octanol–water partition coefficient (Wildman–Crippen LogP) is 4.34. The van der Waals surface area contributed by atoms with E-state index in [1.165, 1.54) is 29.2 Å². The molecule has 0 N–H and O–H groups in total. The first kappa shape index (κ1) is 33.3. The van der Waals surface area contributed by atoms with E-state index in [4.69, 9.17) is 13.3 Å². The minimum Gasteiger partial charge on any atom is -0.413 e. The molecule has 1 saturated heterocycles. The van der Waals surface area contributed by atoms with Crippen LogP contribution in [0.4, 0.5) is 5.69 Å². The van der Waals surface area contributed by atoms with Gasteiger partial charge in [-0.2, -0.15) is 8.42 Å². The third-order valence-electron chi connectivity index (χ3n) is 8.62. The number of β-lactam (4-membered cyclic amide) rings is 1. The molecule has 0 aromatic heterocycles. The van der Waals surface area contributed by atoms with E-state index in [-0.39, 0.29) is 29.5 Å². The summed E-state index contributed by atoms with van der Waals surface area (Å²) in [4.78, 5) is 51.7. The quantitative estimate of drug-likeness (QED) is 0.0589. The minimum atomic E-state index is -3.71. The van der Waals surface area contributed by atoms with Crippen molar-refractivity contribution in [3.63, 3.8) is 0 Å². The highest BCUT2D eigenvalue weighted by Gasteiger charge is 2.68. The molecule has 14 heteroatoms. The van der Waals surface area contributed by atoms with Gasteiger partial charge in [0, 0.05) is 18.1 Å². The molecule has 0 unspecified atom stereocenters. The number of hydrogen-bond donors (Lipinski definition) is 0. The number of nitro benzene ring substituents is 1. The minimum absolute atomic E-state index is 0.0856. The Labute approximate surface area is 247 Å². The molecule has 0 saturated carbocycles. The Hall–Kier alpha value is -3.20. The van der Waals surface area contributed by atoms with Gasteiger partial charge in [-0.3, -0.25) is 19.1 Å². The van der Waals surface area contributed by atoms with Gasteiger partial charge in [0.1, 0.15) is 5.70 Å². The van der Waals surface area contributed by atoms with E-state index in [9.17, 15) is 32.9 Å². The number of fused-ring (bicyclic) bond motifs is 1. The molecule has 2 aliphatic rings. The zero-order valence-corrected chi connectivity index (χ0v) is 26.7. The molecule has 0 bridgehead atoms. The van der Waals surface area contributed by atoms with E-state index in [1.54, 1.807) is 0 Å². The highest BCUT2D eigenvalue weighted by molar-refractivity contribution is 7.86. The smallest absolute Gasteiger partial charge is 0.363 e. The zero-order chi connectivity index (χ0) is 31.6. The summed E-state index contributed by atoms with van der Waals surface area (Å²) < 4.78 is 39.4. The van der Waals surface area contributed by atoms with Gasteiger partial charge in [0.2, 0.25) is 5.91 Å². The summed E-state index contributed by atoms with van der Waals surface area (Å²) in [5.74, 6) is -2.85. The molecular formula is C28H38N2O10SSi. The van der Waals surface area contributed by atoms with Crippen molar-refractivity contribution in [3.8, 4) is 0 Å². The maximum atomic E-state index is 13.8. The van der Waals surface area contributed by atoms with Crippen molar-refractivity contribution in [2.24, 2.45) is 11.3 Å². The van der Waals surface area contributed by atoms with Crippen LogP contribution in [0.1, 0.15) is 51.9 Å². The van der Waals surface area contributed by atoms with Crippen molar-refractivity contribution in [2.45, 2.75) is 71.8 Å². The molecule has 3 rings (SSSR count). The monoisotopic (exact) mass is 622 g/mol. The number of amides is 1. The molecule has 2 aliphatic heterocycles. The van der Waals surface area contributed by atoms with E-state index < -0.39 is 58.8 Å². The topological polar surface area (TPSA) is 159 Å². The number of non-ortho nitro benzene ring substituents is 1. The summed E-state index contributed by atoms with van der Waals surface area (Å²) >= 11 is 0. The third-order valence-corrected chi connectivity index (χ3v) is 13.9. The highest BCUT2D eigenvalue weighted by atomic mass is 32.2. The number of carbonyl (C=O) groups is 3. The van der Waals surface area contributed by atoms with Crippen LogP contribution in [0.3, 0.4) is 0 Å². The van der Waals surface area contributed by atoms with E-state index in [1.807, 2.05) is 20.8 Å². The van der Waals surface area contributed by atoms with Gasteiger partial charge in [0.15, 0.2) is 8.32 Å². The van der Waals surface area contributed by atoms with E-state index in [0.29, 0.717) is 5.57 Å². The Bertz CT molecular complexity index is 1410. The summed E-state index contributed by atoms with van der Waals surface area (Å²) in [6.07, 6.45) is 3.38. The summed E-state index contributed by atoms with van der Waals surface area (Å²) in [6.45, 7) is 11.5. The summed E-state index contributed by atoms with van der Waals surface area (Å²) in [5, 5.41) is 10.9. The lowest BCUT2D eigenvalue weighted by molar-refractivity contribution is -0.384. The van der Waals surface area contributed by atoms with Gasteiger partial charge < -0.3 is 14.1 Å². The molecular weight excluding hydrogens is 584 g/mol. The summed E-state index contributed by atoms with van der Waals surface area (Å²) in [6, 6.07) is 6.77. The number of carbonyl (C=O) groups excluding carboxylic acids is 3. The first-order chi connectivity index (χ1) is 19.6. The highest BCUT2D eigenvalue weighted by Crippen LogP contribution is 2.55. The van der Waals surface area contributed by atoms with Crippen molar-refractivity contribution in [1.82, 2.24) is 4.90 Å². The van der Waals surface area contributed by atoms with Crippen molar-refractivity contribution in [1.29, 1.82) is 0 Å². The first-order valence-electron chi connectivity index (χ1n) is 13.8. The van der Waals surface area contributed by atoms with Crippen molar-refractivity contribution in [2.75, 3.05) is 12.9 Å². The van der Waals surface area contributed by atoms with Crippen LogP contribution >= 0.6 is 0 Å². The fraction of sp³-hybridized carbons (Fsp3) is 0.536. The molecule has 0 radical (unpaired) electrons. The van der Waals surface area contributed by atoms with E-state index >= 15 is 0 Å². The lowest BCUT2D eigenvalue weighted by Gasteiger charge is -2.56. The molecule has 1 fully saturated rings.